The summed E-state index contributed by atoms with van der Waals surface area (Å²) in [6.45, 7) is 2.42. The first-order valence-electron chi connectivity index (χ1n) is 5.67. The second-order valence-electron chi connectivity index (χ2n) is 3.75. The Morgan fingerprint density at radius 1 is 1.37 bits per heavy atom. The molecule has 1 heterocycles. The van der Waals surface area contributed by atoms with Crippen molar-refractivity contribution >= 4 is 5.97 Å². The Balaban J connectivity index is 2.50. The van der Waals surface area contributed by atoms with Crippen LogP contribution in [0.1, 0.15) is 17.3 Å². The number of aromatic carboxylic acids is 1. The van der Waals surface area contributed by atoms with Crippen molar-refractivity contribution in [2.45, 2.75) is 6.92 Å². The molecule has 0 saturated carbocycles. The lowest BCUT2D eigenvalue weighted by Gasteiger charge is -2.06. The SMILES string of the molecule is CCOc1ccc(-c2cn[nH]c(=O)c2C(=O)O)cc1. The number of aromatic amines is 1. The third-order valence-corrected chi connectivity index (χ3v) is 2.55. The lowest BCUT2D eigenvalue weighted by molar-refractivity contribution is 0.0695. The number of carbonyl (C=O) groups is 1. The Kier molecular flexibility index (Phi) is 3.61. The monoisotopic (exact) mass is 260 g/mol. The van der Waals surface area contributed by atoms with Crippen molar-refractivity contribution in [2.75, 3.05) is 6.61 Å². The minimum atomic E-state index is -1.28. The Bertz CT molecular complexity index is 646. The molecule has 0 aliphatic heterocycles. The number of H-pyrrole nitrogens is 1. The third kappa shape index (κ3) is 2.62. The number of aromatic nitrogens is 2. The van der Waals surface area contributed by atoms with Crippen LogP contribution in [0.25, 0.3) is 11.1 Å². The van der Waals surface area contributed by atoms with E-state index in [9.17, 15) is 9.59 Å². The number of nitrogens with one attached hydrogen (secondary N) is 1. The standard InChI is InChI=1S/C13H12N2O4/c1-2-19-9-5-3-8(4-6-9)10-7-14-15-12(16)11(10)13(17)18/h3-7H,2H2,1H3,(H,15,16)(H,17,18). The van der Waals surface area contributed by atoms with Gasteiger partial charge in [-0.1, -0.05) is 12.1 Å². The zero-order chi connectivity index (χ0) is 13.8. The summed E-state index contributed by atoms with van der Waals surface area (Å²) >= 11 is 0. The molecule has 2 N–H and O–H groups in total. The van der Waals surface area contributed by atoms with E-state index in [1.165, 1.54) is 6.20 Å². The van der Waals surface area contributed by atoms with Crippen LogP contribution in [-0.2, 0) is 0 Å². The topological polar surface area (TPSA) is 92.3 Å². The molecule has 0 atom stereocenters. The first-order chi connectivity index (χ1) is 9.13. The molecule has 2 rings (SSSR count). The Morgan fingerprint density at radius 2 is 2.05 bits per heavy atom. The maximum Gasteiger partial charge on any atom is 0.342 e. The van der Waals surface area contributed by atoms with Gasteiger partial charge in [0.15, 0.2) is 0 Å². The summed E-state index contributed by atoms with van der Waals surface area (Å²) in [6, 6.07) is 6.80. The van der Waals surface area contributed by atoms with Gasteiger partial charge in [-0.15, -0.1) is 0 Å². The molecule has 1 aromatic carbocycles. The van der Waals surface area contributed by atoms with Crippen LogP contribution in [-0.4, -0.2) is 27.9 Å². The van der Waals surface area contributed by atoms with Gasteiger partial charge in [0.2, 0.25) is 0 Å². The molecule has 98 valence electrons. The van der Waals surface area contributed by atoms with Crippen LogP contribution in [0, 0.1) is 0 Å². The van der Waals surface area contributed by atoms with E-state index in [1.54, 1.807) is 24.3 Å². The van der Waals surface area contributed by atoms with Gasteiger partial charge in [-0.3, -0.25) is 4.79 Å². The normalized spacial score (nSPS) is 10.2. The summed E-state index contributed by atoms with van der Waals surface area (Å²) in [7, 11) is 0. The predicted octanol–water partition coefficient (Wildman–Crippen LogP) is 1.53. The third-order valence-electron chi connectivity index (χ3n) is 2.55. The van der Waals surface area contributed by atoms with Crippen molar-refractivity contribution in [1.82, 2.24) is 10.2 Å². The summed E-state index contributed by atoms with van der Waals surface area (Å²) in [5, 5.41) is 14.8. The van der Waals surface area contributed by atoms with Crippen molar-refractivity contribution < 1.29 is 14.6 Å². The summed E-state index contributed by atoms with van der Waals surface area (Å²) in [5.74, 6) is -0.603. The number of carboxylic acids is 1. The molecule has 6 nitrogen and oxygen atoms in total. The van der Waals surface area contributed by atoms with E-state index in [0.29, 0.717) is 17.9 Å². The smallest absolute Gasteiger partial charge is 0.342 e. The van der Waals surface area contributed by atoms with Gasteiger partial charge in [0.05, 0.1) is 12.8 Å². The Morgan fingerprint density at radius 3 is 2.63 bits per heavy atom. The van der Waals surface area contributed by atoms with Crippen LogP contribution in [0.5, 0.6) is 5.75 Å². The van der Waals surface area contributed by atoms with E-state index < -0.39 is 11.5 Å². The molecule has 0 bridgehead atoms. The van der Waals surface area contributed by atoms with Crippen LogP contribution >= 0.6 is 0 Å². The van der Waals surface area contributed by atoms with E-state index in [4.69, 9.17) is 9.84 Å². The van der Waals surface area contributed by atoms with E-state index in [0.717, 1.165) is 0 Å². The summed E-state index contributed by atoms with van der Waals surface area (Å²) in [4.78, 5) is 22.6. The molecule has 0 spiro atoms. The van der Waals surface area contributed by atoms with Crippen LogP contribution in [0.4, 0.5) is 0 Å². The van der Waals surface area contributed by atoms with Gasteiger partial charge < -0.3 is 9.84 Å². The molecule has 0 amide bonds. The van der Waals surface area contributed by atoms with Gasteiger partial charge in [-0.25, -0.2) is 9.89 Å². The molecule has 1 aromatic heterocycles. The van der Waals surface area contributed by atoms with Gasteiger partial charge in [-0.2, -0.15) is 5.10 Å². The van der Waals surface area contributed by atoms with Gasteiger partial charge in [0.1, 0.15) is 11.3 Å². The lowest BCUT2D eigenvalue weighted by Crippen LogP contribution is -2.19. The van der Waals surface area contributed by atoms with Crippen LogP contribution < -0.4 is 10.3 Å². The van der Waals surface area contributed by atoms with E-state index in [2.05, 4.69) is 10.2 Å². The number of nitrogens with zero attached hydrogens (tertiary/aromatic N) is 1. The average molecular weight is 260 g/mol. The highest BCUT2D eigenvalue weighted by Gasteiger charge is 2.16. The average Bonchev–Trinajstić information content (AvgIpc) is 2.39. The van der Waals surface area contributed by atoms with Gasteiger partial charge >= 0.3 is 5.97 Å². The van der Waals surface area contributed by atoms with Crippen LogP contribution in [0.15, 0.2) is 35.3 Å². The molecule has 0 aliphatic carbocycles. The summed E-state index contributed by atoms with van der Waals surface area (Å²) in [5.41, 5.74) is -0.170. The molecule has 0 unspecified atom stereocenters. The number of hydrogen-bond acceptors (Lipinski definition) is 4. The molecule has 6 heteroatoms. The number of ether oxygens (including phenoxy) is 1. The van der Waals surface area contributed by atoms with E-state index in [-0.39, 0.29) is 11.1 Å². The lowest BCUT2D eigenvalue weighted by atomic mass is 10.0. The molecule has 19 heavy (non-hydrogen) atoms. The predicted molar refractivity (Wildman–Crippen MR) is 68.4 cm³/mol. The fourth-order valence-electron chi connectivity index (χ4n) is 1.73. The van der Waals surface area contributed by atoms with E-state index >= 15 is 0 Å². The molecule has 0 fully saturated rings. The van der Waals surface area contributed by atoms with Crippen LogP contribution in [0.2, 0.25) is 0 Å². The summed E-state index contributed by atoms with van der Waals surface area (Å²) < 4.78 is 5.30. The Labute approximate surface area is 108 Å². The van der Waals surface area contributed by atoms with Crippen molar-refractivity contribution in [3.8, 4) is 16.9 Å². The molecular formula is C13H12N2O4. The van der Waals surface area contributed by atoms with Gasteiger partial charge in [-0.05, 0) is 24.6 Å². The molecule has 0 aliphatic rings. The highest BCUT2D eigenvalue weighted by molar-refractivity contribution is 5.95. The fraction of sp³-hybridized carbons (Fsp3) is 0.154. The van der Waals surface area contributed by atoms with Crippen molar-refractivity contribution in [1.29, 1.82) is 0 Å². The Hall–Kier alpha value is -2.63. The highest BCUT2D eigenvalue weighted by atomic mass is 16.5. The van der Waals surface area contributed by atoms with Gasteiger partial charge in [0, 0.05) is 5.56 Å². The maximum absolute atomic E-state index is 11.5. The maximum atomic E-state index is 11.5. The number of benzene rings is 1. The van der Waals surface area contributed by atoms with Crippen molar-refractivity contribution in [3.05, 3.63) is 46.4 Å². The first kappa shape index (κ1) is 12.8. The largest absolute Gasteiger partial charge is 0.494 e. The number of carboxylic acid groups (broad SMARTS) is 1. The number of rotatable bonds is 4. The second-order valence-corrected chi connectivity index (χ2v) is 3.75. The van der Waals surface area contributed by atoms with Crippen molar-refractivity contribution in [2.24, 2.45) is 0 Å². The zero-order valence-corrected chi connectivity index (χ0v) is 10.2. The fourth-order valence-corrected chi connectivity index (χ4v) is 1.73. The number of hydrogen-bond donors (Lipinski definition) is 2. The first-order valence-corrected chi connectivity index (χ1v) is 5.67. The molecule has 2 aromatic rings. The van der Waals surface area contributed by atoms with Crippen LogP contribution in [0.3, 0.4) is 0 Å². The second kappa shape index (κ2) is 5.34. The molecular weight excluding hydrogens is 248 g/mol. The highest BCUT2D eigenvalue weighted by Crippen LogP contribution is 2.23. The minimum Gasteiger partial charge on any atom is -0.494 e. The molecule has 0 radical (unpaired) electrons. The molecule has 0 saturated heterocycles. The minimum absolute atomic E-state index is 0.277. The van der Waals surface area contributed by atoms with Gasteiger partial charge in [0.25, 0.3) is 5.56 Å². The zero-order valence-electron chi connectivity index (χ0n) is 10.2. The van der Waals surface area contributed by atoms with E-state index in [1.807, 2.05) is 6.92 Å². The van der Waals surface area contributed by atoms with Crippen molar-refractivity contribution in [3.63, 3.8) is 0 Å². The quantitative estimate of drug-likeness (QED) is 0.869. The summed E-state index contributed by atoms with van der Waals surface area (Å²) in [6.07, 6.45) is 1.32.